The summed E-state index contributed by atoms with van der Waals surface area (Å²) in [7, 11) is 0. The van der Waals surface area contributed by atoms with E-state index in [0.29, 0.717) is 25.9 Å². The lowest BCUT2D eigenvalue weighted by molar-refractivity contribution is -0.150. The maximum absolute atomic E-state index is 12.5. The normalized spacial score (nSPS) is 11.6. The number of unbranched alkanes of at least 4 members (excludes halogenated alkanes) is 28. The van der Waals surface area contributed by atoms with E-state index >= 15 is 0 Å². The van der Waals surface area contributed by atoms with E-state index in [1.807, 2.05) is 4.90 Å². The molecule has 0 aromatic carbocycles. The van der Waals surface area contributed by atoms with Gasteiger partial charge in [0.25, 0.3) is 0 Å². The van der Waals surface area contributed by atoms with E-state index in [-0.39, 0.29) is 44.4 Å². The molecule has 0 aliphatic rings. The van der Waals surface area contributed by atoms with Gasteiger partial charge in [0.1, 0.15) is 13.2 Å². The number of rotatable bonds is 41. The zero-order valence-corrected chi connectivity index (χ0v) is 33.4. The van der Waals surface area contributed by atoms with Crippen molar-refractivity contribution in [1.29, 1.82) is 0 Å². The van der Waals surface area contributed by atoms with E-state index in [9.17, 15) is 19.8 Å². The maximum Gasteiger partial charge on any atom is 0.305 e. The third-order valence-corrected chi connectivity index (χ3v) is 10.1. The van der Waals surface area contributed by atoms with Crippen LogP contribution in [0.4, 0.5) is 0 Å². The fourth-order valence-electron chi connectivity index (χ4n) is 6.80. The fourth-order valence-corrected chi connectivity index (χ4v) is 6.80. The van der Waals surface area contributed by atoms with Gasteiger partial charge in [0, 0.05) is 25.9 Å². The molecule has 7 heteroatoms. The Morgan fingerprint density at radius 2 is 0.660 bits per heavy atom. The largest absolute Gasteiger partial charge is 0.464 e. The molecule has 0 aromatic heterocycles. The molecule has 0 aliphatic carbocycles. The molecule has 0 aromatic rings. The van der Waals surface area contributed by atoms with Crippen LogP contribution in [0.25, 0.3) is 0 Å². The summed E-state index contributed by atoms with van der Waals surface area (Å²) in [4.78, 5) is 26.8. The monoisotopic (exact) mass is 712 g/mol. The van der Waals surface area contributed by atoms with E-state index in [0.717, 1.165) is 38.5 Å². The van der Waals surface area contributed by atoms with Crippen LogP contribution in [-0.4, -0.2) is 72.6 Å². The second-order valence-electron chi connectivity index (χ2n) is 14.9. The average Bonchev–Trinajstić information content (AvgIpc) is 3.11. The molecule has 0 spiro atoms. The van der Waals surface area contributed by atoms with Gasteiger partial charge >= 0.3 is 11.9 Å². The van der Waals surface area contributed by atoms with E-state index in [4.69, 9.17) is 9.47 Å². The molecule has 0 unspecified atom stereocenters. The molecule has 0 atom stereocenters. The number of aliphatic hydroxyl groups excluding tert-OH is 2. The number of hydrogen-bond donors (Lipinski definition) is 2. The molecule has 0 radical (unpaired) electrons. The molecule has 0 saturated heterocycles. The zero-order valence-electron chi connectivity index (χ0n) is 33.4. The van der Waals surface area contributed by atoms with Gasteiger partial charge in [0.15, 0.2) is 0 Å². The van der Waals surface area contributed by atoms with Crippen molar-refractivity contribution in [1.82, 2.24) is 4.90 Å². The number of carbonyl (C=O) groups excluding carboxylic acids is 2. The first-order valence-corrected chi connectivity index (χ1v) is 21.9. The van der Waals surface area contributed by atoms with Crippen molar-refractivity contribution >= 4 is 11.9 Å². The molecule has 0 saturated carbocycles. The van der Waals surface area contributed by atoms with Crippen LogP contribution in [0.2, 0.25) is 0 Å². The van der Waals surface area contributed by atoms with Crippen LogP contribution in [0, 0.1) is 0 Å². The quantitative estimate of drug-likeness (QED) is 0.0481. The van der Waals surface area contributed by atoms with Crippen molar-refractivity contribution < 1.29 is 29.3 Å². The first kappa shape index (κ1) is 48.8. The summed E-state index contributed by atoms with van der Waals surface area (Å²) in [6.45, 7) is 5.18. The number of nitrogens with zero attached hydrogens (tertiary/aromatic N) is 1. The predicted octanol–water partition coefficient (Wildman–Crippen LogP) is 11.3. The Balaban J connectivity index is 3.99. The summed E-state index contributed by atoms with van der Waals surface area (Å²) >= 11 is 0. The fraction of sp³-hybridized carbons (Fsp3) is 0.953. The van der Waals surface area contributed by atoms with E-state index < -0.39 is 0 Å². The van der Waals surface area contributed by atoms with Crippen LogP contribution in [0.1, 0.15) is 219 Å². The molecule has 7 nitrogen and oxygen atoms in total. The van der Waals surface area contributed by atoms with Gasteiger partial charge in [0.2, 0.25) is 0 Å². The second-order valence-corrected chi connectivity index (χ2v) is 14.9. The van der Waals surface area contributed by atoms with Gasteiger partial charge in [0.05, 0.1) is 19.3 Å². The summed E-state index contributed by atoms with van der Waals surface area (Å²) in [5.74, 6) is -0.469. The smallest absolute Gasteiger partial charge is 0.305 e. The first-order chi connectivity index (χ1) is 24.6. The summed E-state index contributed by atoms with van der Waals surface area (Å²) in [6, 6.07) is -0.385. The molecule has 0 bridgehead atoms. The second kappa shape index (κ2) is 40.6. The lowest BCUT2D eigenvalue weighted by Gasteiger charge is -2.30. The highest BCUT2D eigenvalue weighted by Gasteiger charge is 2.22. The van der Waals surface area contributed by atoms with Crippen molar-refractivity contribution in [2.75, 3.05) is 39.5 Å². The predicted molar refractivity (Wildman–Crippen MR) is 211 cm³/mol. The van der Waals surface area contributed by atoms with E-state index in [2.05, 4.69) is 13.8 Å². The standard InChI is InChI=1S/C43H85NO6/c1-3-5-7-9-11-13-15-17-19-21-23-25-27-29-31-33-42(47)49-39-41(44(35-37-45)36-38-46)40-50-43(48)34-32-30-28-26-24-22-20-18-16-14-12-10-8-6-4-2/h41,45-46H,3-40H2,1-2H3. The molecule has 298 valence electrons. The Labute approximate surface area is 310 Å². The van der Waals surface area contributed by atoms with Gasteiger partial charge in [-0.3, -0.25) is 14.5 Å². The number of ether oxygens (including phenoxy) is 2. The molecule has 0 aliphatic heterocycles. The Kier molecular flexibility index (Phi) is 39.6. The first-order valence-electron chi connectivity index (χ1n) is 21.9. The van der Waals surface area contributed by atoms with Crippen LogP contribution in [0.3, 0.4) is 0 Å². The van der Waals surface area contributed by atoms with E-state index in [1.54, 1.807) is 0 Å². The highest BCUT2D eigenvalue weighted by molar-refractivity contribution is 5.69. The summed E-state index contributed by atoms with van der Waals surface area (Å²) in [5, 5.41) is 19.1. The average molecular weight is 712 g/mol. The molecule has 0 fully saturated rings. The van der Waals surface area contributed by atoms with Crippen LogP contribution in [0.15, 0.2) is 0 Å². The van der Waals surface area contributed by atoms with Crippen LogP contribution in [0.5, 0.6) is 0 Å². The highest BCUT2D eigenvalue weighted by Crippen LogP contribution is 2.16. The highest BCUT2D eigenvalue weighted by atomic mass is 16.5. The maximum atomic E-state index is 12.5. The summed E-state index contributed by atoms with van der Waals surface area (Å²) in [6.07, 6.45) is 39.3. The molecular weight excluding hydrogens is 626 g/mol. The summed E-state index contributed by atoms with van der Waals surface area (Å²) in [5.41, 5.74) is 0. The minimum absolute atomic E-state index is 0.0867. The number of esters is 2. The topological polar surface area (TPSA) is 96.3 Å². The van der Waals surface area contributed by atoms with Gasteiger partial charge in [-0.1, -0.05) is 194 Å². The Morgan fingerprint density at radius 1 is 0.420 bits per heavy atom. The molecule has 0 amide bonds. The Hall–Kier alpha value is -1.18. The van der Waals surface area contributed by atoms with Crippen molar-refractivity contribution in [2.24, 2.45) is 0 Å². The number of aliphatic hydroxyl groups is 2. The minimum Gasteiger partial charge on any atom is -0.464 e. The van der Waals surface area contributed by atoms with Crippen LogP contribution >= 0.6 is 0 Å². The van der Waals surface area contributed by atoms with Crippen molar-refractivity contribution in [3.63, 3.8) is 0 Å². The third kappa shape index (κ3) is 35.2. The number of carbonyl (C=O) groups is 2. The molecule has 50 heavy (non-hydrogen) atoms. The molecule has 0 rings (SSSR count). The number of hydrogen-bond acceptors (Lipinski definition) is 7. The molecule has 2 N–H and O–H groups in total. The van der Waals surface area contributed by atoms with Crippen molar-refractivity contribution in [3.05, 3.63) is 0 Å². The van der Waals surface area contributed by atoms with Crippen molar-refractivity contribution in [3.8, 4) is 0 Å². The van der Waals surface area contributed by atoms with Crippen LogP contribution in [-0.2, 0) is 19.1 Å². The van der Waals surface area contributed by atoms with Crippen LogP contribution < -0.4 is 0 Å². The zero-order chi connectivity index (χ0) is 36.6. The van der Waals surface area contributed by atoms with Crippen molar-refractivity contribution in [2.45, 2.75) is 225 Å². The van der Waals surface area contributed by atoms with Gasteiger partial charge in [-0.15, -0.1) is 0 Å². The van der Waals surface area contributed by atoms with Gasteiger partial charge in [-0.25, -0.2) is 0 Å². The lowest BCUT2D eigenvalue weighted by Crippen LogP contribution is -2.45. The van der Waals surface area contributed by atoms with Gasteiger partial charge in [-0.2, -0.15) is 0 Å². The lowest BCUT2D eigenvalue weighted by atomic mass is 10.0. The molecule has 0 heterocycles. The Bertz CT molecular complexity index is 649. The Morgan fingerprint density at radius 3 is 0.900 bits per heavy atom. The SMILES string of the molecule is CCCCCCCCCCCCCCCCCC(=O)OCC(COC(=O)CCCCCCCCCCCCCCCCC)N(CCO)CCO. The third-order valence-electron chi connectivity index (χ3n) is 10.1. The summed E-state index contributed by atoms with van der Waals surface area (Å²) < 4.78 is 11.2. The minimum atomic E-state index is -0.385. The van der Waals surface area contributed by atoms with Gasteiger partial charge < -0.3 is 19.7 Å². The van der Waals surface area contributed by atoms with E-state index in [1.165, 1.54) is 154 Å². The molecular formula is C43H85NO6. The van der Waals surface area contributed by atoms with Gasteiger partial charge in [-0.05, 0) is 12.8 Å².